The van der Waals surface area contributed by atoms with E-state index in [1.807, 2.05) is 88.4 Å². The quantitative estimate of drug-likeness (QED) is 0.357. The summed E-state index contributed by atoms with van der Waals surface area (Å²) < 4.78 is 26.8. The van der Waals surface area contributed by atoms with Gasteiger partial charge in [-0.05, 0) is 61.6 Å². The fourth-order valence-corrected chi connectivity index (χ4v) is 5.20. The second kappa shape index (κ2) is 13.4. The average molecular weight is 550 g/mol. The van der Waals surface area contributed by atoms with Crippen LogP contribution in [0.1, 0.15) is 42.5 Å². The van der Waals surface area contributed by atoms with Crippen LogP contribution in [0.25, 0.3) is 0 Å². The Morgan fingerprint density at radius 2 is 1.59 bits per heavy atom. The monoisotopic (exact) mass is 549 g/mol. The van der Waals surface area contributed by atoms with Crippen LogP contribution in [0.2, 0.25) is 0 Å². The number of carbonyl (C=O) groups is 2. The Labute approximate surface area is 232 Å². The Morgan fingerprint density at radius 3 is 2.21 bits per heavy atom. The Kier molecular flexibility index (Phi) is 10.3. The van der Waals surface area contributed by atoms with Gasteiger partial charge in [-0.2, -0.15) is 0 Å². The molecule has 8 heteroatoms. The highest BCUT2D eigenvalue weighted by Gasteiger charge is 2.33. The number of aryl methyl sites for hydroxylation is 2. The first-order valence-electron chi connectivity index (χ1n) is 13.2. The molecule has 3 rings (SSSR count). The maximum Gasteiger partial charge on any atom is 0.244 e. The highest BCUT2D eigenvalue weighted by Crippen LogP contribution is 2.22. The smallest absolute Gasteiger partial charge is 0.244 e. The summed E-state index contributed by atoms with van der Waals surface area (Å²) in [6, 6.07) is 23.4. The number of carbonyl (C=O) groups excluding carboxylic acids is 2. The SMILES string of the molecule is CC[C@H](C)NC(=O)[C@@H](Cc1ccccc1)N(Cc1ccccc1C)C(=O)CN(c1cccc(C)c1)S(C)(=O)=O. The van der Waals surface area contributed by atoms with Crippen molar-refractivity contribution in [2.45, 2.75) is 59.2 Å². The van der Waals surface area contributed by atoms with Crippen molar-refractivity contribution in [2.24, 2.45) is 0 Å². The predicted molar refractivity (Wildman–Crippen MR) is 157 cm³/mol. The van der Waals surface area contributed by atoms with E-state index in [0.717, 1.165) is 39.2 Å². The molecule has 0 bridgehead atoms. The van der Waals surface area contributed by atoms with Gasteiger partial charge in [0.1, 0.15) is 12.6 Å². The van der Waals surface area contributed by atoms with Gasteiger partial charge in [-0.1, -0.05) is 73.7 Å². The minimum Gasteiger partial charge on any atom is -0.352 e. The van der Waals surface area contributed by atoms with E-state index >= 15 is 0 Å². The molecule has 0 saturated heterocycles. The Morgan fingerprint density at radius 1 is 0.923 bits per heavy atom. The van der Waals surface area contributed by atoms with Gasteiger partial charge in [0, 0.05) is 19.0 Å². The summed E-state index contributed by atoms with van der Waals surface area (Å²) in [6.45, 7) is 7.48. The molecule has 208 valence electrons. The van der Waals surface area contributed by atoms with Crippen LogP contribution in [0, 0.1) is 13.8 Å². The van der Waals surface area contributed by atoms with Crippen molar-refractivity contribution < 1.29 is 18.0 Å². The molecule has 39 heavy (non-hydrogen) atoms. The first-order valence-corrected chi connectivity index (χ1v) is 15.1. The minimum absolute atomic E-state index is 0.0778. The average Bonchev–Trinajstić information content (AvgIpc) is 2.89. The van der Waals surface area contributed by atoms with Gasteiger partial charge in [0.15, 0.2) is 0 Å². The van der Waals surface area contributed by atoms with Crippen LogP contribution in [-0.4, -0.2) is 50.0 Å². The molecule has 0 aliphatic heterocycles. The number of benzene rings is 3. The van der Waals surface area contributed by atoms with E-state index in [4.69, 9.17) is 0 Å². The number of nitrogens with one attached hydrogen (secondary N) is 1. The highest BCUT2D eigenvalue weighted by atomic mass is 32.2. The van der Waals surface area contributed by atoms with Crippen molar-refractivity contribution in [2.75, 3.05) is 17.1 Å². The van der Waals surface area contributed by atoms with Crippen molar-refractivity contribution in [1.29, 1.82) is 0 Å². The third kappa shape index (κ3) is 8.42. The second-order valence-electron chi connectivity index (χ2n) is 10.1. The van der Waals surface area contributed by atoms with Gasteiger partial charge in [0.25, 0.3) is 0 Å². The zero-order valence-corrected chi connectivity index (χ0v) is 24.2. The number of sulfonamides is 1. The lowest BCUT2D eigenvalue weighted by atomic mass is 10.0. The topological polar surface area (TPSA) is 86.8 Å². The summed E-state index contributed by atoms with van der Waals surface area (Å²) in [7, 11) is -3.79. The van der Waals surface area contributed by atoms with E-state index in [0.29, 0.717) is 12.1 Å². The van der Waals surface area contributed by atoms with E-state index in [2.05, 4.69) is 5.32 Å². The molecule has 0 aliphatic carbocycles. The van der Waals surface area contributed by atoms with Crippen LogP contribution < -0.4 is 9.62 Å². The van der Waals surface area contributed by atoms with Gasteiger partial charge in [-0.15, -0.1) is 0 Å². The lowest BCUT2D eigenvalue weighted by molar-refractivity contribution is -0.140. The lowest BCUT2D eigenvalue weighted by Gasteiger charge is -2.34. The Bertz CT molecular complexity index is 1380. The molecular formula is C31H39N3O4S. The van der Waals surface area contributed by atoms with Gasteiger partial charge >= 0.3 is 0 Å². The molecule has 3 aromatic rings. The van der Waals surface area contributed by atoms with Crippen LogP contribution in [-0.2, 0) is 32.6 Å². The summed E-state index contributed by atoms with van der Waals surface area (Å²) in [5, 5.41) is 3.04. The summed E-state index contributed by atoms with van der Waals surface area (Å²) in [5.41, 5.74) is 4.06. The molecule has 3 aromatic carbocycles. The lowest BCUT2D eigenvalue weighted by Crippen LogP contribution is -2.54. The fraction of sp³-hybridized carbons (Fsp3) is 0.355. The molecule has 1 N–H and O–H groups in total. The molecule has 0 aromatic heterocycles. The van der Waals surface area contributed by atoms with Crippen LogP contribution >= 0.6 is 0 Å². The summed E-state index contributed by atoms with van der Waals surface area (Å²) >= 11 is 0. The molecule has 0 aliphatic rings. The van der Waals surface area contributed by atoms with Crippen LogP contribution in [0.15, 0.2) is 78.9 Å². The molecular weight excluding hydrogens is 510 g/mol. The number of hydrogen-bond donors (Lipinski definition) is 1. The van der Waals surface area contributed by atoms with Crippen LogP contribution in [0.3, 0.4) is 0 Å². The van der Waals surface area contributed by atoms with Gasteiger partial charge in [-0.3, -0.25) is 13.9 Å². The zero-order valence-electron chi connectivity index (χ0n) is 23.4. The minimum atomic E-state index is -3.79. The van der Waals surface area contributed by atoms with Crippen molar-refractivity contribution in [3.63, 3.8) is 0 Å². The van der Waals surface area contributed by atoms with E-state index in [9.17, 15) is 18.0 Å². The van der Waals surface area contributed by atoms with Gasteiger partial charge < -0.3 is 10.2 Å². The maximum absolute atomic E-state index is 14.1. The molecule has 0 saturated carbocycles. The predicted octanol–water partition coefficient (Wildman–Crippen LogP) is 4.62. The van der Waals surface area contributed by atoms with Gasteiger partial charge in [0.05, 0.1) is 11.9 Å². The molecule has 7 nitrogen and oxygen atoms in total. The van der Waals surface area contributed by atoms with Crippen LogP contribution in [0.4, 0.5) is 5.69 Å². The number of rotatable bonds is 12. The molecule has 2 amide bonds. The number of hydrogen-bond acceptors (Lipinski definition) is 4. The largest absolute Gasteiger partial charge is 0.352 e. The van der Waals surface area contributed by atoms with Crippen molar-refractivity contribution >= 4 is 27.5 Å². The number of nitrogens with zero attached hydrogens (tertiary/aromatic N) is 2. The van der Waals surface area contributed by atoms with E-state index < -0.39 is 28.5 Å². The normalized spacial score (nSPS) is 12.8. The van der Waals surface area contributed by atoms with E-state index in [1.54, 1.807) is 18.2 Å². The number of anilines is 1. The van der Waals surface area contributed by atoms with Gasteiger partial charge in [0.2, 0.25) is 21.8 Å². The Balaban J connectivity index is 2.07. The molecule has 0 radical (unpaired) electrons. The second-order valence-corrected chi connectivity index (χ2v) is 12.0. The van der Waals surface area contributed by atoms with Gasteiger partial charge in [-0.25, -0.2) is 8.42 Å². The Hall–Kier alpha value is -3.65. The highest BCUT2D eigenvalue weighted by molar-refractivity contribution is 7.92. The zero-order chi connectivity index (χ0) is 28.6. The molecule has 0 unspecified atom stereocenters. The summed E-state index contributed by atoms with van der Waals surface area (Å²) in [4.78, 5) is 29.3. The first kappa shape index (κ1) is 29.9. The van der Waals surface area contributed by atoms with Crippen molar-refractivity contribution in [3.8, 4) is 0 Å². The number of amides is 2. The van der Waals surface area contributed by atoms with Crippen molar-refractivity contribution in [1.82, 2.24) is 10.2 Å². The fourth-order valence-electron chi connectivity index (χ4n) is 4.36. The molecule has 0 heterocycles. The standard InChI is InChI=1S/C31H39N3O4S/c1-6-25(4)32-31(36)29(20-26-15-8-7-9-16-26)33(21-27-17-11-10-14-24(27)3)30(35)22-34(39(5,37)38)28-18-12-13-23(2)19-28/h7-19,25,29H,6,20-22H2,1-5H3,(H,32,36)/t25-,29+/m0/s1. The molecule has 0 spiro atoms. The van der Waals surface area contributed by atoms with Crippen LogP contribution in [0.5, 0.6) is 0 Å². The summed E-state index contributed by atoms with van der Waals surface area (Å²) in [6.07, 6.45) is 2.13. The first-order chi connectivity index (χ1) is 18.5. The van der Waals surface area contributed by atoms with E-state index in [1.165, 1.54) is 4.90 Å². The molecule has 2 atom stereocenters. The van der Waals surface area contributed by atoms with Crippen molar-refractivity contribution in [3.05, 3.63) is 101 Å². The third-order valence-electron chi connectivity index (χ3n) is 6.84. The third-order valence-corrected chi connectivity index (χ3v) is 7.98. The summed E-state index contributed by atoms with van der Waals surface area (Å²) in [5.74, 6) is -0.720. The maximum atomic E-state index is 14.1. The molecule has 0 fully saturated rings. The van der Waals surface area contributed by atoms with E-state index in [-0.39, 0.29) is 18.5 Å².